The zero-order valence-corrected chi connectivity index (χ0v) is 7.53. The molecule has 2 heterocycles. The first-order valence-electron chi connectivity index (χ1n) is 5.09. The summed E-state index contributed by atoms with van der Waals surface area (Å²) in [6, 6.07) is 0.308. The number of rotatable bonds is 0. The molecule has 13 heavy (non-hydrogen) atoms. The van der Waals surface area contributed by atoms with Gasteiger partial charge in [-0.15, -0.1) is 0 Å². The minimum absolute atomic E-state index is 0.211. The molecule has 70 valence electrons. The van der Waals surface area contributed by atoms with E-state index in [9.17, 15) is 9.59 Å². The van der Waals surface area contributed by atoms with Crippen molar-refractivity contribution in [1.29, 1.82) is 0 Å². The zero-order valence-electron chi connectivity index (χ0n) is 7.53. The number of Topliss-reactive ketones (excluding diaryl/α,β-unsaturated/α-hetero) is 1. The van der Waals surface area contributed by atoms with Crippen molar-refractivity contribution in [2.24, 2.45) is 11.8 Å². The molecular formula is C10H13NO2. The van der Waals surface area contributed by atoms with E-state index in [1.165, 1.54) is 0 Å². The number of piperidine rings is 2. The molecule has 1 amide bonds. The van der Waals surface area contributed by atoms with Crippen LogP contribution in [0.25, 0.3) is 0 Å². The monoisotopic (exact) mass is 179 g/mol. The second-order valence-corrected chi connectivity index (χ2v) is 4.43. The van der Waals surface area contributed by atoms with Crippen molar-refractivity contribution in [2.75, 3.05) is 6.54 Å². The summed E-state index contributed by atoms with van der Waals surface area (Å²) in [5, 5.41) is 0. The summed E-state index contributed by atoms with van der Waals surface area (Å²) in [6.07, 6.45) is 3.37. The molecule has 0 radical (unpaired) electrons. The molecule has 3 heteroatoms. The van der Waals surface area contributed by atoms with Crippen LogP contribution in [0.4, 0.5) is 0 Å². The maximum absolute atomic E-state index is 11.5. The van der Waals surface area contributed by atoms with Gasteiger partial charge in [0.25, 0.3) is 0 Å². The van der Waals surface area contributed by atoms with Crippen molar-refractivity contribution in [2.45, 2.75) is 31.7 Å². The molecule has 1 aliphatic carbocycles. The van der Waals surface area contributed by atoms with Crippen molar-refractivity contribution >= 4 is 11.7 Å². The highest BCUT2D eigenvalue weighted by Gasteiger charge is 2.53. The third kappa shape index (κ3) is 0.847. The first-order valence-corrected chi connectivity index (χ1v) is 5.09. The maximum atomic E-state index is 11.5. The van der Waals surface area contributed by atoms with Crippen molar-refractivity contribution in [1.82, 2.24) is 4.90 Å². The van der Waals surface area contributed by atoms with Gasteiger partial charge < -0.3 is 4.90 Å². The van der Waals surface area contributed by atoms with E-state index in [-0.39, 0.29) is 11.8 Å². The van der Waals surface area contributed by atoms with E-state index in [1.807, 2.05) is 4.90 Å². The van der Waals surface area contributed by atoms with Crippen LogP contribution in [0.2, 0.25) is 0 Å². The van der Waals surface area contributed by atoms with Crippen LogP contribution in [0.3, 0.4) is 0 Å². The maximum Gasteiger partial charge on any atom is 0.222 e. The average Bonchev–Trinajstić information content (AvgIpc) is 2.07. The lowest BCUT2D eigenvalue weighted by molar-refractivity contribution is -0.160. The summed E-state index contributed by atoms with van der Waals surface area (Å²) in [5.41, 5.74) is 0. The molecule has 3 nitrogen and oxygen atoms in total. The predicted octanol–water partition coefficient (Wildman–Crippen LogP) is 0.586. The Labute approximate surface area is 77.1 Å². The van der Waals surface area contributed by atoms with Gasteiger partial charge in [0.05, 0.1) is 0 Å². The van der Waals surface area contributed by atoms with Crippen LogP contribution in [0.1, 0.15) is 25.7 Å². The Kier molecular flexibility index (Phi) is 1.35. The highest BCUT2D eigenvalue weighted by molar-refractivity contribution is 5.88. The van der Waals surface area contributed by atoms with Gasteiger partial charge >= 0.3 is 0 Å². The lowest BCUT2D eigenvalue weighted by Crippen LogP contribution is -2.64. The van der Waals surface area contributed by atoms with E-state index >= 15 is 0 Å². The lowest BCUT2D eigenvalue weighted by Gasteiger charge is -2.55. The van der Waals surface area contributed by atoms with Gasteiger partial charge in [-0.05, 0) is 18.8 Å². The summed E-state index contributed by atoms with van der Waals surface area (Å²) in [6.45, 7) is 0.690. The van der Waals surface area contributed by atoms with Crippen molar-refractivity contribution < 1.29 is 9.59 Å². The Hall–Kier alpha value is -0.860. The Bertz CT molecular complexity index is 287. The molecule has 0 unspecified atom stereocenters. The number of hydrogen-bond donors (Lipinski definition) is 0. The van der Waals surface area contributed by atoms with Gasteiger partial charge in [0, 0.05) is 31.3 Å². The van der Waals surface area contributed by atoms with Crippen molar-refractivity contribution in [3.63, 3.8) is 0 Å². The lowest BCUT2D eigenvalue weighted by atomic mass is 9.61. The minimum atomic E-state index is 0.211. The largest absolute Gasteiger partial charge is 0.338 e. The Balaban J connectivity index is 1.90. The molecule has 1 saturated carbocycles. The Morgan fingerprint density at radius 3 is 2.92 bits per heavy atom. The van der Waals surface area contributed by atoms with E-state index < -0.39 is 0 Å². The Morgan fingerprint density at radius 2 is 2.08 bits per heavy atom. The summed E-state index contributed by atoms with van der Waals surface area (Å²) in [4.78, 5) is 24.9. The molecule has 0 bridgehead atoms. The summed E-state index contributed by atoms with van der Waals surface area (Å²) >= 11 is 0. The van der Waals surface area contributed by atoms with Crippen LogP contribution >= 0.6 is 0 Å². The van der Waals surface area contributed by atoms with Gasteiger partial charge in [-0.3, -0.25) is 9.59 Å². The highest BCUT2D eigenvalue weighted by atomic mass is 16.2. The molecule has 0 N–H and O–H groups in total. The number of nitrogens with zero attached hydrogens (tertiary/aromatic N) is 1. The van der Waals surface area contributed by atoms with Crippen LogP contribution in [0.15, 0.2) is 0 Å². The third-order valence-corrected chi connectivity index (χ3v) is 3.87. The molecule has 2 aliphatic heterocycles. The van der Waals surface area contributed by atoms with Crippen LogP contribution < -0.4 is 0 Å². The number of ketones is 1. The molecule has 2 saturated heterocycles. The fourth-order valence-corrected chi connectivity index (χ4v) is 3.13. The zero-order chi connectivity index (χ0) is 9.00. The average molecular weight is 179 g/mol. The number of carbonyl (C=O) groups is 2. The molecule has 0 aromatic rings. The van der Waals surface area contributed by atoms with E-state index in [0.717, 1.165) is 12.8 Å². The van der Waals surface area contributed by atoms with Crippen LogP contribution in [0, 0.1) is 11.8 Å². The van der Waals surface area contributed by atoms with Crippen molar-refractivity contribution in [3.05, 3.63) is 0 Å². The fraction of sp³-hybridized carbons (Fsp3) is 0.800. The SMILES string of the molecule is O=C1CCN2C(=O)CC[C@H]3C[C@@H]1[C@H]32. The minimum Gasteiger partial charge on any atom is -0.338 e. The molecule has 0 spiro atoms. The van der Waals surface area contributed by atoms with Crippen molar-refractivity contribution in [3.8, 4) is 0 Å². The second-order valence-electron chi connectivity index (χ2n) is 4.43. The Morgan fingerprint density at radius 1 is 1.23 bits per heavy atom. The summed E-state index contributed by atoms with van der Waals surface area (Å²) in [7, 11) is 0. The predicted molar refractivity (Wildman–Crippen MR) is 46.0 cm³/mol. The van der Waals surface area contributed by atoms with Gasteiger partial charge in [-0.25, -0.2) is 0 Å². The second kappa shape index (κ2) is 2.34. The topological polar surface area (TPSA) is 37.4 Å². The van der Waals surface area contributed by atoms with Gasteiger partial charge in [0.1, 0.15) is 5.78 Å². The molecule has 3 rings (SSSR count). The molecule has 0 aromatic heterocycles. The molecule has 3 fully saturated rings. The quantitative estimate of drug-likeness (QED) is 0.545. The van der Waals surface area contributed by atoms with Gasteiger partial charge in [-0.1, -0.05) is 0 Å². The molecule has 3 atom stereocenters. The number of amides is 1. The summed E-state index contributed by atoms with van der Waals surface area (Å²) in [5.74, 6) is 1.53. The van der Waals surface area contributed by atoms with Gasteiger partial charge in [-0.2, -0.15) is 0 Å². The fourth-order valence-electron chi connectivity index (χ4n) is 3.13. The van der Waals surface area contributed by atoms with E-state index in [1.54, 1.807) is 0 Å². The molecule has 3 aliphatic rings. The summed E-state index contributed by atoms with van der Waals surface area (Å²) < 4.78 is 0. The molecule has 0 aromatic carbocycles. The smallest absolute Gasteiger partial charge is 0.222 e. The molecular weight excluding hydrogens is 166 g/mol. The van der Waals surface area contributed by atoms with E-state index in [2.05, 4.69) is 0 Å². The van der Waals surface area contributed by atoms with Crippen LogP contribution in [-0.2, 0) is 9.59 Å². The van der Waals surface area contributed by atoms with Gasteiger partial charge in [0.2, 0.25) is 5.91 Å². The number of carbonyl (C=O) groups excluding carboxylic acids is 2. The van der Waals surface area contributed by atoms with Crippen LogP contribution in [0.5, 0.6) is 0 Å². The first-order chi connectivity index (χ1) is 6.27. The third-order valence-electron chi connectivity index (χ3n) is 3.87. The van der Waals surface area contributed by atoms with Gasteiger partial charge in [0.15, 0.2) is 0 Å². The first kappa shape index (κ1) is 7.54. The standard InChI is InChI=1S/C10H13NO2/c12-8-3-4-11-9(13)2-1-6-5-7(8)10(6)11/h6-7,10H,1-5H2/t6-,7-,10-/m0/s1. The van der Waals surface area contributed by atoms with E-state index in [0.29, 0.717) is 37.1 Å². The number of hydrogen-bond acceptors (Lipinski definition) is 2. The normalized spacial score (nSPS) is 42.8. The van der Waals surface area contributed by atoms with Crippen LogP contribution in [-0.4, -0.2) is 29.2 Å². The highest BCUT2D eigenvalue weighted by Crippen LogP contribution is 2.47. The van der Waals surface area contributed by atoms with E-state index in [4.69, 9.17) is 0 Å².